The van der Waals surface area contributed by atoms with Gasteiger partial charge in [-0.1, -0.05) is 38.7 Å². The van der Waals surface area contributed by atoms with Gasteiger partial charge in [0.1, 0.15) is 0 Å². The number of rotatable bonds is 1. The predicted octanol–water partition coefficient (Wildman–Crippen LogP) is 3.06. The van der Waals surface area contributed by atoms with Crippen LogP contribution in [0.15, 0.2) is 36.0 Å². The quantitative estimate of drug-likeness (QED) is 0.652. The Labute approximate surface area is 82.2 Å². The van der Waals surface area contributed by atoms with Gasteiger partial charge in [0.15, 0.2) is 0 Å². The lowest BCUT2D eigenvalue weighted by Gasteiger charge is -2.18. The molecular weight excluding hydrogens is 158 g/mol. The summed E-state index contributed by atoms with van der Waals surface area (Å²) in [6.07, 6.45) is 7.28. The second-order valence-electron chi connectivity index (χ2n) is 2.67. The van der Waals surface area contributed by atoms with Crippen molar-refractivity contribution in [2.45, 2.75) is 27.2 Å². The molecule has 0 aromatic heterocycles. The first-order valence-corrected chi connectivity index (χ1v) is 5.06. The van der Waals surface area contributed by atoms with Crippen LogP contribution in [0.4, 0.5) is 0 Å². The summed E-state index contributed by atoms with van der Waals surface area (Å²) in [7, 11) is 0. The van der Waals surface area contributed by atoms with E-state index in [1.165, 1.54) is 11.1 Å². The van der Waals surface area contributed by atoms with Gasteiger partial charge >= 0.3 is 0 Å². The van der Waals surface area contributed by atoms with Crippen LogP contribution in [-0.2, 0) is 0 Å². The molecule has 13 heavy (non-hydrogen) atoms. The maximum Gasteiger partial charge on any atom is 0.0208 e. The van der Waals surface area contributed by atoms with Crippen LogP contribution in [0, 0.1) is 0 Å². The van der Waals surface area contributed by atoms with Crippen molar-refractivity contribution in [1.82, 2.24) is 5.32 Å². The number of nitrogens with one attached hydrogen (secondary N) is 1. The lowest BCUT2D eigenvalue weighted by Crippen LogP contribution is -2.25. The molecule has 1 N–H and O–H groups in total. The highest BCUT2D eigenvalue weighted by Crippen LogP contribution is 2.16. The first-order valence-electron chi connectivity index (χ1n) is 5.06. The monoisotopic (exact) mass is 179 g/mol. The van der Waals surface area contributed by atoms with E-state index >= 15 is 0 Å². The van der Waals surface area contributed by atoms with Gasteiger partial charge < -0.3 is 5.32 Å². The van der Waals surface area contributed by atoms with Gasteiger partial charge in [-0.3, -0.25) is 0 Å². The Hall–Kier alpha value is -0.820. The van der Waals surface area contributed by atoms with E-state index in [1.807, 2.05) is 19.9 Å². The van der Waals surface area contributed by atoms with E-state index in [0.29, 0.717) is 0 Å². The maximum absolute atomic E-state index is 3.69. The molecule has 1 aliphatic rings. The standard InChI is InChI=1S/C10H15N.C2H6/c1-3-5-10-8-11-7-6-9(10)4-2;1-2/h3-5,11H,1,6-8H2,2H3;1-2H3/b9-4-,10-5-;. The van der Waals surface area contributed by atoms with Crippen molar-refractivity contribution < 1.29 is 0 Å². The second kappa shape index (κ2) is 7.81. The molecule has 74 valence electrons. The minimum absolute atomic E-state index is 0.992. The summed E-state index contributed by atoms with van der Waals surface area (Å²) < 4.78 is 0. The van der Waals surface area contributed by atoms with E-state index < -0.39 is 0 Å². The molecule has 1 aliphatic heterocycles. The minimum atomic E-state index is 0.992. The van der Waals surface area contributed by atoms with Crippen LogP contribution in [0.3, 0.4) is 0 Å². The molecule has 1 fully saturated rings. The van der Waals surface area contributed by atoms with E-state index in [0.717, 1.165) is 19.5 Å². The Morgan fingerprint density at radius 2 is 2.00 bits per heavy atom. The summed E-state index contributed by atoms with van der Waals surface area (Å²) in [6.45, 7) is 11.9. The third-order valence-electron chi connectivity index (χ3n) is 1.97. The van der Waals surface area contributed by atoms with Crippen molar-refractivity contribution in [3.05, 3.63) is 36.0 Å². The molecule has 1 rings (SSSR count). The zero-order valence-electron chi connectivity index (χ0n) is 9.06. The molecule has 0 saturated carbocycles. The van der Waals surface area contributed by atoms with Crippen LogP contribution >= 0.6 is 0 Å². The minimum Gasteiger partial charge on any atom is -0.312 e. The molecule has 1 heterocycles. The van der Waals surface area contributed by atoms with Gasteiger partial charge in [-0.15, -0.1) is 0 Å². The van der Waals surface area contributed by atoms with Crippen molar-refractivity contribution in [1.29, 1.82) is 0 Å². The SMILES string of the molecule is C=C/C=C1/CNCC/C1=C/C.CC. The summed E-state index contributed by atoms with van der Waals surface area (Å²) >= 11 is 0. The van der Waals surface area contributed by atoms with Crippen molar-refractivity contribution in [3.63, 3.8) is 0 Å². The number of allylic oxidation sites excluding steroid dienone is 3. The first kappa shape index (κ1) is 12.2. The number of hydrogen-bond acceptors (Lipinski definition) is 1. The van der Waals surface area contributed by atoms with E-state index in [4.69, 9.17) is 0 Å². The average Bonchev–Trinajstić information content (AvgIpc) is 2.22. The van der Waals surface area contributed by atoms with Crippen LogP contribution in [0.2, 0.25) is 0 Å². The van der Waals surface area contributed by atoms with Crippen molar-refractivity contribution in [3.8, 4) is 0 Å². The zero-order valence-corrected chi connectivity index (χ0v) is 9.06. The third-order valence-corrected chi connectivity index (χ3v) is 1.97. The van der Waals surface area contributed by atoms with Crippen LogP contribution < -0.4 is 5.32 Å². The van der Waals surface area contributed by atoms with E-state index in [2.05, 4.69) is 31.0 Å². The predicted molar refractivity (Wildman–Crippen MR) is 60.9 cm³/mol. The van der Waals surface area contributed by atoms with Gasteiger partial charge in [-0.25, -0.2) is 0 Å². The van der Waals surface area contributed by atoms with Crippen LogP contribution in [0.25, 0.3) is 0 Å². The van der Waals surface area contributed by atoms with Crippen LogP contribution in [0.1, 0.15) is 27.2 Å². The summed E-state index contributed by atoms with van der Waals surface area (Å²) in [5.74, 6) is 0. The fraction of sp³-hybridized carbons (Fsp3) is 0.500. The molecule has 1 nitrogen and oxygen atoms in total. The Morgan fingerprint density at radius 3 is 2.54 bits per heavy atom. The molecule has 0 unspecified atom stereocenters. The topological polar surface area (TPSA) is 12.0 Å². The Balaban J connectivity index is 0.000000671. The second-order valence-corrected chi connectivity index (χ2v) is 2.67. The summed E-state index contributed by atoms with van der Waals surface area (Å²) in [5.41, 5.74) is 2.84. The molecule has 0 aliphatic carbocycles. The van der Waals surface area contributed by atoms with Crippen LogP contribution in [0.5, 0.6) is 0 Å². The highest BCUT2D eigenvalue weighted by atomic mass is 14.9. The van der Waals surface area contributed by atoms with Crippen LogP contribution in [-0.4, -0.2) is 13.1 Å². The summed E-state index contributed by atoms with van der Waals surface area (Å²) in [5, 5.41) is 3.33. The zero-order chi connectivity index (χ0) is 10.1. The van der Waals surface area contributed by atoms with Crippen molar-refractivity contribution in [2.24, 2.45) is 0 Å². The Bertz CT molecular complexity index is 199. The lowest BCUT2D eigenvalue weighted by atomic mass is 9.99. The summed E-state index contributed by atoms with van der Waals surface area (Å²) in [4.78, 5) is 0. The first-order chi connectivity index (χ1) is 6.38. The lowest BCUT2D eigenvalue weighted by molar-refractivity contribution is 0.682. The molecule has 0 aromatic rings. The molecule has 0 aromatic carbocycles. The van der Waals surface area contributed by atoms with Gasteiger partial charge in [0, 0.05) is 6.54 Å². The van der Waals surface area contributed by atoms with E-state index in [-0.39, 0.29) is 0 Å². The molecular formula is C12H21N. The van der Waals surface area contributed by atoms with Gasteiger partial charge in [-0.2, -0.15) is 0 Å². The Kier molecular flexibility index (Phi) is 7.32. The van der Waals surface area contributed by atoms with Crippen molar-refractivity contribution in [2.75, 3.05) is 13.1 Å². The number of hydrogen-bond donors (Lipinski definition) is 1. The van der Waals surface area contributed by atoms with Gasteiger partial charge in [0.2, 0.25) is 0 Å². The molecule has 0 atom stereocenters. The molecule has 0 bridgehead atoms. The normalized spacial score (nSPS) is 22.4. The summed E-state index contributed by atoms with van der Waals surface area (Å²) in [6, 6.07) is 0. The molecule has 1 saturated heterocycles. The van der Waals surface area contributed by atoms with Gasteiger partial charge in [-0.05, 0) is 31.0 Å². The highest BCUT2D eigenvalue weighted by Gasteiger charge is 2.07. The van der Waals surface area contributed by atoms with Gasteiger partial charge in [0.05, 0.1) is 0 Å². The van der Waals surface area contributed by atoms with E-state index in [1.54, 1.807) is 0 Å². The molecule has 0 spiro atoms. The molecule has 1 heteroatoms. The van der Waals surface area contributed by atoms with E-state index in [9.17, 15) is 0 Å². The Morgan fingerprint density at radius 1 is 1.31 bits per heavy atom. The molecule has 0 amide bonds. The molecule has 0 radical (unpaired) electrons. The fourth-order valence-electron chi connectivity index (χ4n) is 1.36. The van der Waals surface area contributed by atoms with Gasteiger partial charge in [0.25, 0.3) is 0 Å². The average molecular weight is 179 g/mol. The number of piperidine rings is 1. The van der Waals surface area contributed by atoms with Crippen molar-refractivity contribution >= 4 is 0 Å². The highest BCUT2D eigenvalue weighted by molar-refractivity contribution is 5.35. The third kappa shape index (κ3) is 4.09. The largest absolute Gasteiger partial charge is 0.312 e. The smallest absolute Gasteiger partial charge is 0.0208 e. The maximum atomic E-state index is 3.69. The fourth-order valence-corrected chi connectivity index (χ4v) is 1.36.